The van der Waals surface area contributed by atoms with Crippen LogP contribution in [0.2, 0.25) is 5.02 Å². The molecule has 17 heteroatoms. The molecule has 0 saturated carbocycles. The van der Waals surface area contributed by atoms with Gasteiger partial charge in [0.15, 0.2) is 5.82 Å². The number of anilines is 5. The van der Waals surface area contributed by atoms with Crippen LogP contribution in [0.15, 0.2) is 71.8 Å². The van der Waals surface area contributed by atoms with Crippen LogP contribution >= 0.6 is 30.5 Å². The van der Waals surface area contributed by atoms with Crippen LogP contribution in [0.5, 0.6) is 5.75 Å². The number of rotatable bonds is 15. The van der Waals surface area contributed by atoms with Gasteiger partial charge in [0.1, 0.15) is 24.0 Å². The van der Waals surface area contributed by atoms with Crippen LogP contribution in [0.1, 0.15) is 60.9 Å². The predicted octanol–water partition coefficient (Wildman–Crippen LogP) is 6.68. The molecule has 310 valence electrons. The summed E-state index contributed by atoms with van der Waals surface area (Å²) in [5.41, 5.74) is 3.88. The Kier molecular flexibility index (Phi) is 13.1. The first kappa shape index (κ1) is 42.0. The Bertz CT molecular complexity index is 2300. The molecular formula is C42H48ClN8O6PS. The standard InChI is InChI=1S/C42H48ClN8O6PS/c1-57-34-23-27(14-15-31(34)47-42-44-24-30(43)39(49-42)46-32-10-4-5-11-35(32)58(2,3)56)50-20-18-26(19-21-50)45-37(52)13-6-7-22-59-36-12-8-9-28-29(36)25-51(41(28)55)33-16-17-38(53)48-40(33)54/h4-5,8-12,14-15,23-24,26,33H,6-7,13,16-22,25H2,1-3H3,(H,45,52)(H,48,53,54)(H2,44,46,47,49). The Hall–Kier alpha value is -5.11. The minimum absolute atomic E-state index is 0.0549. The number of unbranched alkanes of at least 4 members (excludes halogenated alkanes) is 1. The molecule has 7 rings (SSSR count). The normalized spacial score (nSPS) is 17.1. The van der Waals surface area contributed by atoms with Crippen LogP contribution in [-0.2, 0) is 25.5 Å². The van der Waals surface area contributed by atoms with E-state index in [-0.39, 0.29) is 30.2 Å². The maximum Gasteiger partial charge on any atom is 0.255 e. The average molecular weight is 859 g/mol. The van der Waals surface area contributed by atoms with Crippen molar-refractivity contribution in [2.24, 2.45) is 0 Å². The molecule has 3 aliphatic rings. The number of methoxy groups -OCH3 is 1. The first-order valence-electron chi connectivity index (χ1n) is 19.7. The number of nitrogens with zero attached hydrogens (tertiary/aromatic N) is 4. The van der Waals surface area contributed by atoms with E-state index in [1.165, 1.54) is 6.20 Å². The van der Waals surface area contributed by atoms with E-state index in [1.54, 1.807) is 43.2 Å². The summed E-state index contributed by atoms with van der Waals surface area (Å²) in [5.74, 6) is 1.27. The number of halogens is 1. The first-order valence-corrected chi connectivity index (χ1v) is 23.7. The molecule has 1 atom stereocenters. The zero-order valence-corrected chi connectivity index (χ0v) is 35.7. The third kappa shape index (κ3) is 10.0. The number of imide groups is 1. The minimum atomic E-state index is -2.56. The van der Waals surface area contributed by atoms with E-state index in [9.17, 15) is 23.7 Å². The van der Waals surface area contributed by atoms with Gasteiger partial charge in [-0.2, -0.15) is 4.98 Å². The van der Waals surface area contributed by atoms with Crippen molar-refractivity contribution in [3.05, 3.63) is 83.0 Å². The average Bonchev–Trinajstić information content (AvgIpc) is 3.55. The number of amides is 4. The summed E-state index contributed by atoms with van der Waals surface area (Å²) < 4.78 is 18.6. The van der Waals surface area contributed by atoms with Crippen molar-refractivity contribution in [2.45, 2.75) is 68.5 Å². The van der Waals surface area contributed by atoms with Crippen molar-refractivity contribution in [1.82, 2.24) is 25.5 Å². The van der Waals surface area contributed by atoms with Crippen LogP contribution in [0, 0.1) is 0 Å². The van der Waals surface area contributed by atoms with E-state index in [2.05, 4.69) is 36.1 Å². The molecule has 0 radical (unpaired) electrons. The van der Waals surface area contributed by atoms with Gasteiger partial charge in [-0.3, -0.25) is 24.5 Å². The lowest BCUT2D eigenvalue weighted by Crippen LogP contribution is -2.52. The topological polar surface area (TPSA) is 175 Å². The van der Waals surface area contributed by atoms with Crippen molar-refractivity contribution >= 4 is 88.3 Å². The SMILES string of the molecule is COc1cc(N2CCC(NC(=O)CCCCSc3cccc4c3CN(C3CCC(=O)NC3=O)C4=O)CC2)ccc1Nc1ncc(Cl)c(Nc2ccccc2P(C)(C)=O)n1. The predicted molar refractivity (Wildman–Crippen MR) is 233 cm³/mol. The van der Waals surface area contributed by atoms with E-state index in [0.29, 0.717) is 64.2 Å². The van der Waals surface area contributed by atoms with Crippen LogP contribution in [0.4, 0.5) is 28.8 Å². The highest BCUT2D eigenvalue weighted by atomic mass is 35.5. The Morgan fingerprint density at radius 1 is 1.00 bits per heavy atom. The van der Waals surface area contributed by atoms with Gasteiger partial charge in [0.25, 0.3) is 5.91 Å². The number of fused-ring (bicyclic) bond motifs is 1. The van der Waals surface area contributed by atoms with Gasteiger partial charge in [-0.25, -0.2) is 4.98 Å². The molecule has 4 amide bonds. The molecule has 2 fully saturated rings. The lowest BCUT2D eigenvalue weighted by Gasteiger charge is -2.34. The number of hydrogen-bond donors (Lipinski definition) is 4. The summed E-state index contributed by atoms with van der Waals surface area (Å²) in [6.45, 7) is 5.35. The summed E-state index contributed by atoms with van der Waals surface area (Å²) in [7, 11) is -0.950. The first-order chi connectivity index (χ1) is 28.4. The Balaban J connectivity index is 0.852. The summed E-state index contributed by atoms with van der Waals surface area (Å²) in [6, 6.07) is 18.4. The molecule has 0 aliphatic carbocycles. The minimum Gasteiger partial charge on any atom is -0.494 e. The maximum absolute atomic E-state index is 13.1. The second kappa shape index (κ2) is 18.4. The molecule has 0 spiro atoms. The second-order valence-corrected chi connectivity index (χ2v) is 19.9. The number of carbonyl (C=O) groups is 4. The lowest BCUT2D eigenvalue weighted by molar-refractivity contribution is -0.137. The Morgan fingerprint density at radius 2 is 1.80 bits per heavy atom. The number of carbonyl (C=O) groups excluding carboxylic acids is 4. The number of para-hydroxylation sites is 1. The van der Waals surface area contributed by atoms with Gasteiger partial charge in [-0.15, -0.1) is 11.8 Å². The second-order valence-electron chi connectivity index (χ2n) is 15.2. The molecule has 1 unspecified atom stereocenters. The monoisotopic (exact) mass is 858 g/mol. The molecular weight excluding hydrogens is 811 g/mol. The molecule has 4 N–H and O–H groups in total. The Morgan fingerprint density at radius 3 is 2.56 bits per heavy atom. The molecule has 4 heterocycles. The largest absolute Gasteiger partial charge is 0.494 e. The van der Waals surface area contributed by atoms with Crippen molar-refractivity contribution < 1.29 is 28.5 Å². The van der Waals surface area contributed by atoms with Crippen molar-refractivity contribution in [2.75, 3.05) is 54.8 Å². The highest BCUT2D eigenvalue weighted by Crippen LogP contribution is 2.39. The third-order valence-corrected chi connectivity index (χ3v) is 13.7. The zero-order chi connectivity index (χ0) is 41.7. The summed E-state index contributed by atoms with van der Waals surface area (Å²) in [4.78, 5) is 63.9. The highest BCUT2D eigenvalue weighted by molar-refractivity contribution is 7.99. The number of piperidine rings is 2. The number of benzene rings is 3. The van der Waals surface area contributed by atoms with Crippen LogP contribution in [0.3, 0.4) is 0 Å². The van der Waals surface area contributed by atoms with Crippen LogP contribution < -0.4 is 36.2 Å². The quantitative estimate of drug-likeness (QED) is 0.0433. The fourth-order valence-corrected chi connectivity index (χ4v) is 10.0. The smallest absolute Gasteiger partial charge is 0.255 e. The number of ether oxygens (including phenoxy) is 1. The molecule has 3 aromatic carbocycles. The molecule has 1 aromatic heterocycles. The molecule has 0 bridgehead atoms. The molecule has 3 aliphatic heterocycles. The summed E-state index contributed by atoms with van der Waals surface area (Å²) >= 11 is 8.12. The summed E-state index contributed by atoms with van der Waals surface area (Å²) in [6.07, 6.45) is 5.75. The maximum atomic E-state index is 13.1. The lowest BCUT2D eigenvalue weighted by atomic mass is 10.0. The fraction of sp³-hybridized carbons (Fsp3) is 0.381. The van der Waals surface area contributed by atoms with Crippen LogP contribution in [-0.4, -0.2) is 89.9 Å². The van der Waals surface area contributed by atoms with E-state index in [1.807, 2.05) is 54.6 Å². The van der Waals surface area contributed by atoms with E-state index < -0.39 is 19.1 Å². The van der Waals surface area contributed by atoms with Gasteiger partial charge in [0, 0.05) is 66.0 Å². The molecule has 59 heavy (non-hydrogen) atoms. The van der Waals surface area contributed by atoms with Gasteiger partial charge in [0.2, 0.25) is 23.7 Å². The number of thioether (sulfide) groups is 1. The van der Waals surface area contributed by atoms with E-state index in [0.717, 1.165) is 60.7 Å². The van der Waals surface area contributed by atoms with Gasteiger partial charge in [0.05, 0.1) is 24.7 Å². The van der Waals surface area contributed by atoms with Crippen molar-refractivity contribution in [3.8, 4) is 5.75 Å². The van der Waals surface area contributed by atoms with E-state index >= 15 is 0 Å². The van der Waals surface area contributed by atoms with Crippen LogP contribution in [0.25, 0.3) is 0 Å². The number of hydrogen-bond acceptors (Lipinski definition) is 12. The fourth-order valence-electron chi connectivity index (χ4n) is 7.64. The summed E-state index contributed by atoms with van der Waals surface area (Å²) in [5, 5.41) is 13.1. The number of nitrogens with one attached hydrogen (secondary N) is 4. The van der Waals surface area contributed by atoms with Gasteiger partial charge >= 0.3 is 0 Å². The molecule has 2 saturated heterocycles. The molecule has 14 nitrogen and oxygen atoms in total. The van der Waals surface area contributed by atoms with Gasteiger partial charge in [-0.05, 0) is 93.1 Å². The highest BCUT2D eigenvalue weighted by Gasteiger charge is 2.39. The van der Waals surface area contributed by atoms with Crippen molar-refractivity contribution in [1.29, 1.82) is 0 Å². The van der Waals surface area contributed by atoms with Crippen molar-refractivity contribution in [3.63, 3.8) is 0 Å². The van der Waals surface area contributed by atoms with Gasteiger partial charge in [-0.1, -0.05) is 29.8 Å². The third-order valence-electron chi connectivity index (χ3n) is 10.7. The number of aromatic nitrogens is 2. The Labute approximate surface area is 353 Å². The van der Waals surface area contributed by atoms with Gasteiger partial charge < -0.3 is 35.1 Å². The zero-order valence-electron chi connectivity index (χ0n) is 33.3. The molecule has 4 aromatic rings. The van der Waals surface area contributed by atoms with E-state index in [4.69, 9.17) is 16.3 Å².